The van der Waals surface area contributed by atoms with Gasteiger partial charge in [0.05, 0.1) is 0 Å². The van der Waals surface area contributed by atoms with Crippen LogP contribution in [0.3, 0.4) is 0 Å². The van der Waals surface area contributed by atoms with Crippen molar-refractivity contribution in [3.8, 4) is 0 Å². The van der Waals surface area contributed by atoms with Crippen LogP contribution in [0.1, 0.15) is 29.9 Å². The summed E-state index contributed by atoms with van der Waals surface area (Å²) >= 11 is 0. The molecule has 2 N–H and O–H groups in total. The summed E-state index contributed by atoms with van der Waals surface area (Å²) in [5, 5.41) is 11.2. The number of amides is 1. The van der Waals surface area contributed by atoms with Crippen molar-refractivity contribution in [2.24, 2.45) is 0 Å². The molecule has 2 aromatic carbocycles. The monoisotopic (exact) mass is 347 g/mol. The molecule has 2 aromatic rings. The summed E-state index contributed by atoms with van der Waals surface area (Å²) in [6, 6.07) is 17.0. The predicted molar refractivity (Wildman–Crippen MR) is 89.5 cm³/mol. The zero-order chi connectivity index (χ0) is 18.2. The van der Waals surface area contributed by atoms with Crippen molar-refractivity contribution in [2.75, 3.05) is 0 Å². The van der Waals surface area contributed by atoms with Gasteiger partial charge < -0.3 is 10.4 Å². The molecule has 0 bridgehead atoms. The van der Waals surface area contributed by atoms with Crippen LogP contribution in [0, 0.1) is 0 Å². The van der Waals surface area contributed by atoms with Crippen molar-refractivity contribution in [3.63, 3.8) is 0 Å². The fourth-order valence-electron chi connectivity index (χ4n) is 2.64. The first-order valence-corrected chi connectivity index (χ1v) is 7.87. The Bertz CT molecular complexity index is 653. The first-order chi connectivity index (χ1) is 12.0. The third-order valence-corrected chi connectivity index (χ3v) is 3.84. The third-order valence-electron chi connectivity index (χ3n) is 3.84. The Morgan fingerprint density at radius 1 is 0.920 bits per heavy atom. The van der Waals surface area contributed by atoms with E-state index in [-0.39, 0.29) is 12.3 Å². The molecule has 0 aliphatic rings. The summed E-state index contributed by atoms with van der Waals surface area (Å²) in [5.41, 5.74) is 1.79. The zero-order valence-corrected chi connectivity index (χ0v) is 13.4. The Hall–Kier alpha value is -2.76. The fraction of sp³-hybridized carbons (Fsp3) is 0.263. The van der Waals surface area contributed by atoms with Crippen molar-refractivity contribution in [2.45, 2.75) is 31.2 Å². The molecule has 0 fully saturated rings. The number of halogens is 2. The van der Waals surface area contributed by atoms with Gasteiger partial charge in [-0.3, -0.25) is 4.79 Å². The van der Waals surface area contributed by atoms with E-state index in [1.54, 1.807) is 0 Å². The molecule has 1 amide bonds. The summed E-state index contributed by atoms with van der Waals surface area (Å²) in [5.74, 6) is -2.33. The van der Waals surface area contributed by atoms with Crippen LogP contribution in [0.15, 0.2) is 60.7 Å². The maximum absolute atomic E-state index is 12.5. The lowest BCUT2D eigenvalue weighted by Gasteiger charge is -2.20. The molecule has 0 spiro atoms. The Morgan fingerprint density at radius 3 is 1.80 bits per heavy atom. The van der Waals surface area contributed by atoms with E-state index in [4.69, 9.17) is 5.11 Å². The molecule has 0 saturated heterocycles. The van der Waals surface area contributed by atoms with Crippen molar-refractivity contribution in [1.29, 1.82) is 0 Å². The van der Waals surface area contributed by atoms with Crippen LogP contribution in [0.4, 0.5) is 8.78 Å². The largest absolute Gasteiger partial charge is 0.480 e. The second-order valence-corrected chi connectivity index (χ2v) is 5.66. The smallest absolute Gasteiger partial charge is 0.326 e. The van der Waals surface area contributed by atoms with Crippen molar-refractivity contribution < 1.29 is 23.5 Å². The molecular weight excluding hydrogens is 328 g/mol. The Labute approximate surface area is 144 Å². The van der Waals surface area contributed by atoms with Crippen LogP contribution >= 0.6 is 0 Å². The van der Waals surface area contributed by atoms with Gasteiger partial charge in [-0.25, -0.2) is 13.6 Å². The van der Waals surface area contributed by atoms with Gasteiger partial charge in [0.15, 0.2) is 0 Å². The second kappa shape index (κ2) is 8.92. The molecule has 1 atom stereocenters. The highest BCUT2D eigenvalue weighted by Gasteiger charge is 2.26. The number of hydrogen-bond donors (Lipinski definition) is 2. The number of benzene rings is 2. The van der Waals surface area contributed by atoms with Crippen molar-refractivity contribution in [1.82, 2.24) is 5.32 Å². The van der Waals surface area contributed by atoms with Crippen LogP contribution in [-0.4, -0.2) is 29.5 Å². The average Bonchev–Trinajstić information content (AvgIpc) is 2.60. The van der Waals surface area contributed by atoms with E-state index in [0.717, 1.165) is 11.1 Å². The first kappa shape index (κ1) is 18.6. The van der Waals surface area contributed by atoms with Crippen LogP contribution < -0.4 is 5.32 Å². The maximum atomic E-state index is 12.5. The number of alkyl halides is 2. The molecular formula is C19H19F2NO3. The lowest BCUT2D eigenvalue weighted by molar-refractivity contribution is -0.143. The SMILES string of the molecule is O=C(CC(c1ccccc1)c1ccccc1)NC(CC(F)F)C(=O)O. The molecule has 2 rings (SSSR count). The molecule has 0 saturated carbocycles. The van der Waals surface area contributed by atoms with Gasteiger partial charge in [-0.15, -0.1) is 0 Å². The van der Waals surface area contributed by atoms with E-state index in [0.29, 0.717) is 0 Å². The molecule has 4 nitrogen and oxygen atoms in total. The number of carboxylic acid groups (broad SMARTS) is 1. The Morgan fingerprint density at radius 2 is 1.40 bits per heavy atom. The first-order valence-electron chi connectivity index (χ1n) is 7.87. The van der Waals surface area contributed by atoms with E-state index < -0.39 is 30.8 Å². The van der Waals surface area contributed by atoms with Gasteiger partial charge in [0.1, 0.15) is 6.04 Å². The number of hydrogen-bond acceptors (Lipinski definition) is 2. The van der Waals surface area contributed by atoms with E-state index >= 15 is 0 Å². The summed E-state index contributed by atoms with van der Waals surface area (Å²) in [7, 11) is 0. The molecule has 25 heavy (non-hydrogen) atoms. The van der Waals surface area contributed by atoms with Crippen LogP contribution in [0.2, 0.25) is 0 Å². The van der Waals surface area contributed by atoms with Gasteiger partial charge in [0.25, 0.3) is 0 Å². The number of nitrogens with one attached hydrogen (secondary N) is 1. The van der Waals surface area contributed by atoms with Crippen molar-refractivity contribution in [3.05, 3.63) is 71.8 Å². The minimum atomic E-state index is -2.81. The molecule has 1 unspecified atom stereocenters. The van der Waals surface area contributed by atoms with Gasteiger partial charge in [-0.2, -0.15) is 0 Å². The topological polar surface area (TPSA) is 66.4 Å². The van der Waals surface area contributed by atoms with E-state index in [9.17, 15) is 18.4 Å². The van der Waals surface area contributed by atoms with Crippen molar-refractivity contribution >= 4 is 11.9 Å². The number of carbonyl (C=O) groups excluding carboxylic acids is 1. The van der Waals surface area contributed by atoms with E-state index in [1.807, 2.05) is 60.7 Å². The summed E-state index contributed by atoms with van der Waals surface area (Å²) in [4.78, 5) is 23.3. The molecule has 0 heterocycles. The molecule has 0 aliphatic heterocycles. The number of carboxylic acids is 1. The minimum absolute atomic E-state index is 0.0267. The lowest BCUT2D eigenvalue weighted by Crippen LogP contribution is -2.42. The van der Waals surface area contributed by atoms with E-state index in [1.165, 1.54) is 0 Å². The van der Waals surface area contributed by atoms with Gasteiger partial charge in [-0.05, 0) is 11.1 Å². The van der Waals surface area contributed by atoms with Gasteiger partial charge >= 0.3 is 5.97 Å². The summed E-state index contributed by atoms with van der Waals surface area (Å²) in [6.45, 7) is 0. The standard InChI is InChI=1S/C19H19F2NO3/c20-17(21)12-16(19(24)25)22-18(23)11-15(13-7-3-1-4-8-13)14-9-5-2-6-10-14/h1-10,15-17H,11-12H2,(H,22,23)(H,24,25). The maximum Gasteiger partial charge on any atom is 0.326 e. The highest BCUT2D eigenvalue weighted by Crippen LogP contribution is 2.27. The number of aliphatic carboxylic acids is 1. The summed E-state index contributed by atoms with van der Waals surface area (Å²) in [6.07, 6.45) is -3.75. The summed E-state index contributed by atoms with van der Waals surface area (Å²) < 4.78 is 24.9. The number of rotatable bonds is 8. The van der Waals surface area contributed by atoms with Crippen LogP contribution in [0.25, 0.3) is 0 Å². The third kappa shape index (κ3) is 5.67. The molecule has 0 aliphatic carbocycles. The van der Waals surface area contributed by atoms with Crippen LogP contribution in [-0.2, 0) is 9.59 Å². The number of carbonyl (C=O) groups is 2. The average molecular weight is 347 g/mol. The molecule has 6 heteroatoms. The van der Waals surface area contributed by atoms with Gasteiger partial charge in [0, 0.05) is 18.8 Å². The van der Waals surface area contributed by atoms with Gasteiger partial charge in [-0.1, -0.05) is 60.7 Å². The minimum Gasteiger partial charge on any atom is -0.480 e. The molecule has 0 aromatic heterocycles. The Balaban J connectivity index is 2.16. The van der Waals surface area contributed by atoms with Crippen LogP contribution in [0.5, 0.6) is 0 Å². The highest BCUT2D eigenvalue weighted by atomic mass is 19.3. The zero-order valence-electron chi connectivity index (χ0n) is 13.4. The predicted octanol–water partition coefficient (Wildman–Crippen LogP) is 3.43. The fourth-order valence-corrected chi connectivity index (χ4v) is 2.64. The Kier molecular flexibility index (Phi) is 6.62. The lowest BCUT2D eigenvalue weighted by atomic mass is 9.88. The molecule has 132 valence electrons. The normalized spacial score (nSPS) is 12.2. The molecule has 0 radical (unpaired) electrons. The van der Waals surface area contributed by atoms with E-state index in [2.05, 4.69) is 5.32 Å². The second-order valence-electron chi connectivity index (χ2n) is 5.66. The van der Waals surface area contributed by atoms with Gasteiger partial charge in [0.2, 0.25) is 12.3 Å². The quantitative estimate of drug-likeness (QED) is 0.769. The highest BCUT2D eigenvalue weighted by molar-refractivity contribution is 5.84.